The zero-order valence-corrected chi connectivity index (χ0v) is 16.0. The third kappa shape index (κ3) is 4.95. The summed E-state index contributed by atoms with van der Waals surface area (Å²) in [6.07, 6.45) is 5.60. The van der Waals surface area contributed by atoms with E-state index < -0.39 is 6.03 Å². The Bertz CT molecular complexity index is 785. The van der Waals surface area contributed by atoms with Gasteiger partial charge in [-0.3, -0.25) is 10.1 Å². The van der Waals surface area contributed by atoms with E-state index in [9.17, 15) is 9.59 Å². The largest absolute Gasteiger partial charge is 0.349 e. The van der Waals surface area contributed by atoms with Crippen molar-refractivity contribution in [3.05, 3.63) is 39.9 Å². The lowest BCUT2D eigenvalue weighted by Gasteiger charge is -2.22. The minimum atomic E-state index is -0.416. The number of rotatable bonds is 4. The maximum Gasteiger partial charge on any atom is 0.325 e. The molecule has 26 heavy (non-hydrogen) atoms. The summed E-state index contributed by atoms with van der Waals surface area (Å²) in [4.78, 5) is 29.4. The van der Waals surface area contributed by atoms with Crippen LogP contribution in [0.1, 0.15) is 47.5 Å². The summed E-state index contributed by atoms with van der Waals surface area (Å²) in [7, 11) is 0. The average molecular weight is 393 g/mol. The van der Waals surface area contributed by atoms with Crippen molar-refractivity contribution in [2.24, 2.45) is 0 Å². The van der Waals surface area contributed by atoms with E-state index in [0.29, 0.717) is 26.4 Å². The molecule has 6 nitrogen and oxygen atoms in total. The van der Waals surface area contributed by atoms with Crippen LogP contribution in [0.25, 0.3) is 0 Å². The third-order valence-electron chi connectivity index (χ3n) is 4.27. The topological polar surface area (TPSA) is 83.1 Å². The van der Waals surface area contributed by atoms with Crippen LogP contribution >= 0.6 is 22.9 Å². The first-order valence-corrected chi connectivity index (χ1v) is 9.82. The Labute approximate surface area is 161 Å². The van der Waals surface area contributed by atoms with Crippen LogP contribution in [0.15, 0.2) is 24.3 Å². The molecule has 0 unspecified atom stereocenters. The predicted octanol–water partition coefficient (Wildman–Crippen LogP) is 4.81. The first kappa shape index (κ1) is 18.7. The first-order chi connectivity index (χ1) is 12.5. The van der Waals surface area contributed by atoms with Gasteiger partial charge in [0.15, 0.2) is 5.13 Å². The van der Waals surface area contributed by atoms with Gasteiger partial charge in [0.25, 0.3) is 5.91 Å². The summed E-state index contributed by atoms with van der Waals surface area (Å²) < 4.78 is 0. The number of nitrogens with one attached hydrogen (secondary N) is 3. The number of amides is 3. The highest BCUT2D eigenvalue weighted by molar-refractivity contribution is 7.17. The number of benzene rings is 1. The van der Waals surface area contributed by atoms with Gasteiger partial charge in [-0.05, 0) is 44.0 Å². The Kier molecular flexibility index (Phi) is 6.11. The number of nitrogens with zero attached hydrogens (tertiary/aromatic N) is 1. The van der Waals surface area contributed by atoms with Gasteiger partial charge in [-0.15, -0.1) is 0 Å². The lowest BCUT2D eigenvalue weighted by Crippen LogP contribution is -2.36. The summed E-state index contributed by atoms with van der Waals surface area (Å²) in [6.45, 7) is 1.77. The number of carbonyl (C=O) groups is 2. The lowest BCUT2D eigenvalue weighted by atomic mass is 9.95. The van der Waals surface area contributed by atoms with E-state index in [1.807, 2.05) is 0 Å². The number of aromatic nitrogens is 1. The monoisotopic (exact) mass is 392 g/mol. The maximum atomic E-state index is 12.5. The molecule has 1 aliphatic rings. The molecule has 3 amide bonds. The highest BCUT2D eigenvalue weighted by Crippen LogP contribution is 2.24. The van der Waals surface area contributed by atoms with E-state index in [-0.39, 0.29) is 11.9 Å². The van der Waals surface area contributed by atoms with Gasteiger partial charge in [0, 0.05) is 16.8 Å². The third-order valence-corrected chi connectivity index (χ3v) is 5.59. The highest BCUT2D eigenvalue weighted by atomic mass is 35.5. The van der Waals surface area contributed by atoms with Crippen LogP contribution in [0.2, 0.25) is 5.02 Å². The second-order valence-electron chi connectivity index (χ2n) is 6.33. The van der Waals surface area contributed by atoms with Crippen molar-refractivity contribution in [1.82, 2.24) is 10.3 Å². The van der Waals surface area contributed by atoms with E-state index in [0.717, 1.165) is 25.7 Å². The van der Waals surface area contributed by atoms with Gasteiger partial charge in [-0.2, -0.15) is 0 Å². The Hall–Kier alpha value is -2.12. The Morgan fingerprint density at radius 1 is 1.12 bits per heavy atom. The van der Waals surface area contributed by atoms with E-state index >= 15 is 0 Å². The molecule has 3 rings (SSSR count). The van der Waals surface area contributed by atoms with Crippen LogP contribution in [-0.2, 0) is 0 Å². The van der Waals surface area contributed by atoms with Crippen molar-refractivity contribution in [3.8, 4) is 0 Å². The molecule has 138 valence electrons. The molecule has 0 atom stereocenters. The standard InChI is InChI=1S/C18H21ClN4O2S/c1-11-15(16(24)21-13-5-3-2-4-6-13)26-18(20-11)23-17(25)22-14-9-7-12(19)8-10-14/h7-10,13H,2-6H2,1H3,(H,21,24)(H2,20,22,23,25). The fraction of sp³-hybridized carbons (Fsp3) is 0.389. The van der Waals surface area contributed by atoms with Crippen LogP contribution in [0, 0.1) is 6.92 Å². The van der Waals surface area contributed by atoms with Crippen LogP contribution in [0.5, 0.6) is 0 Å². The molecule has 0 aliphatic heterocycles. The number of carbonyl (C=O) groups excluding carboxylic acids is 2. The summed E-state index contributed by atoms with van der Waals surface area (Å²) in [6, 6.07) is 6.62. The summed E-state index contributed by atoms with van der Waals surface area (Å²) in [5.41, 5.74) is 1.24. The summed E-state index contributed by atoms with van der Waals surface area (Å²) in [5.74, 6) is -0.113. The normalized spacial score (nSPS) is 14.7. The Morgan fingerprint density at radius 3 is 2.50 bits per heavy atom. The smallest absolute Gasteiger partial charge is 0.325 e. The minimum absolute atomic E-state index is 0.113. The molecular weight excluding hydrogens is 372 g/mol. The molecule has 8 heteroatoms. The van der Waals surface area contributed by atoms with Gasteiger partial charge in [-0.25, -0.2) is 9.78 Å². The molecule has 1 fully saturated rings. The number of thiazole rings is 1. The number of halogens is 1. The van der Waals surface area contributed by atoms with Gasteiger partial charge in [0.1, 0.15) is 4.88 Å². The van der Waals surface area contributed by atoms with E-state index in [2.05, 4.69) is 20.9 Å². The average Bonchev–Trinajstić information content (AvgIpc) is 2.98. The van der Waals surface area contributed by atoms with Crippen LogP contribution in [-0.4, -0.2) is 23.0 Å². The number of hydrogen-bond acceptors (Lipinski definition) is 4. The molecule has 0 saturated heterocycles. The highest BCUT2D eigenvalue weighted by Gasteiger charge is 2.21. The fourth-order valence-electron chi connectivity index (χ4n) is 2.95. The predicted molar refractivity (Wildman–Crippen MR) is 105 cm³/mol. The molecule has 0 bridgehead atoms. The number of hydrogen-bond donors (Lipinski definition) is 3. The SMILES string of the molecule is Cc1nc(NC(=O)Nc2ccc(Cl)cc2)sc1C(=O)NC1CCCCC1. The minimum Gasteiger partial charge on any atom is -0.349 e. The van der Waals surface area contributed by atoms with Crippen molar-refractivity contribution in [2.75, 3.05) is 10.6 Å². The van der Waals surface area contributed by atoms with Gasteiger partial charge >= 0.3 is 6.03 Å². The van der Waals surface area contributed by atoms with Gasteiger partial charge < -0.3 is 10.6 Å². The van der Waals surface area contributed by atoms with Crippen molar-refractivity contribution in [3.63, 3.8) is 0 Å². The molecule has 0 spiro atoms. The van der Waals surface area contributed by atoms with Crippen molar-refractivity contribution < 1.29 is 9.59 Å². The quantitative estimate of drug-likeness (QED) is 0.698. The zero-order chi connectivity index (χ0) is 18.5. The second-order valence-corrected chi connectivity index (χ2v) is 7.76. The number of anilines is 2. The molecule has 2 aromatic rings. The first-order valence-electron chi connectivity index (χ1n) is 8.63. The van der Waals surface area contributed by atoms with E-state index in [1.54, 1.807) is 31.2 Å². The molecule has 0 radical (unpaired) electrons. The second kappa shape index (κ2) is 8.51. The van der Waals surface area contributed by atoms with Crippen LogP contribution < -0.4 is 16.0 Å². The van der Waals surface area contributed by atoms with E-state index in [4.69, 9.17) is 11.6 Å². The van der Waals surface area contributed by atoms with Gasteiger partial charge in [0.05, 0.1) is 5.69 Å². The van der Waals surface area contributed by atoms with Gasteiger partial charge in [0.2, 0.25) is 0 Å². The Morgan fingerprint density at radius 2 is 1.81 bits per heavy atom. The van der Waals surface area contributed by atoms with Gasteiger partial charge in [-0.1, -0.05) is 42.2 Å². The van der Waals surface area contributed by atoms with Crippen molar-refractivity contribution >= 4 is 45.7 Å². The van der Waals surface area contributed by atoms with Crippen LogP contribution in [0.3, 0.4) is 0 Å². The van der Waals surface area contributed by atoms with E-state index in [1.165, 1.54) is 17.8 Å². The molecule has 1 aromatic heterocycles. The molecule has 1 saturated carbocycles. The Balaban J connectivity index is 1.59. The number of aryl methyl sites for hydroxylation is 1. The number of urea groups is 1. The molecule has 1 aliphatic carbocycles. The molecule has 3 N–H and O–H groups in total. The fourth-order valence-corrected chi connectivity index (χ4v) is 3.94. The lowest BCUT2D eigenvalue weighted by molar-refractivity contribution is 0.0931. The zero-order valence-electron chi connectivity index (χ0n) is 14.5. The maximum absolute atomic E-state index is 12.5. The van der Waals surface area contributed by atoms with Crippen LogP contribution in [0.4, 0.5) is 15.6 Å². The molecular formula is C18H21ClN4O2S. The molecule has 1 heterocycles. The summed E-state index contributed by atoms with van der Waals surface area (Å²) in [5, 5.41) is 9.43. The van der Waals surface area contributed by atoms with Crippen molar-refractivity contribution in [1.29, 1.82) is 0 Å². The van der Waals surface area contributed by atoms with Crippen molar-refractivity contribution in [2.45, 2.75) is 45.1 Å². The summed E-state index contributed by atoms with van der Waals surface area (Å²) >= 11 is 7.00. The molecule has 1 aromatic carbocycles.